The van der Waals surface area contributed by atoms with E-state index in [1.54, 1.807) is 25.3 Å². The van der Waals surface area contributed by atoms with Gasteiger partial charge in [0.2, 0.25) is 10.0 Å². The molecule has 73 heavy (non-hydrogen) atoms. The number of nitrogens with zero attached hydrogens (tertiary/aromatic N) is 2. The standard InChI is InChI=1S/C29H33NO4S.C28H31NO6S.C2H6/c1-19-6-8-23(15-20(19)2)26-10-7-22(14-21(26)3)17-30(18-28(31)32)35(33)25-9-11-27-24(16-25)12-13-29(4,5)34-27;1-19-14-20(8-10-25(19)21-6-5-7-23(15-21)34-4)17-29(18-27(30)31)36(32,33)24-9-11-26-22(16-24)12-13-28(2,3)35-26;1-2/h6-11,14-16H,12-13,17-18H2,1-5H3,(H,31,32);5-11,14-16H,12-13,17-18H2,1-4H3,(H,30,31);1-2H3. The maximum Gasteiger partial charge on any atom is 0.318 e. The van der Waals surface area contributed by atoms with E-state index in [1.807, 2.05) is 95.3 Å². The lowest BCUT2D eigenvalue weighted by molar-refractivity contribution is -0.138. The van der Waals surface area contributed by atoms with Gasteiger partial charge in [-0.3, -0.25) is 9.59 Å². The third-order valence-corrected chi connectivity index (χ3v) is 16.2. The Morgan fingerprint density at radius 1 is 0.630 bits per heavy atom. The van der Waals surface area contributed by atoms with Crippen LogP contribution >= 0.6 is 0 Å². The van der Waals surface area contributed by atoms with E-state index in [-0.39, 0.29) is 35.7 Å². The SMILES string of the molecule is CC.COc1cccc(-c2ccc(CN(CC(=O)O)S(=O)(=O)c3ccc4c(c3)CCC(C)(C)O4)cc2C)c1.Cc1ccc(-c2ccc(CN(CC(=O)O)S(=O)c3ccc4c(c3)CCC(C)(C)O4)cc2C)cc1C. The van der Waals surface area contributed by atoms with Crippen LogP contribution < -0.4 is 14.2 Å². The molecule has 0 fully saturated rings. The summed E-state index contributed by atoms with van der Waals surface area (Å²) < 4.78 is 60.4. The summed E-state index contributed by atoms with van der Waals surface area (Å²) in [5, 5.41) is 19.0. The minimum Gasteiger partial charge on any atom is -0.497 e. The summed E-state index contributed by atoms with van der Waals surface area (Å²) >= 11 is 0. The van der Waals surface area contributed by atoms with Crippen molar-refractivity contribution in [3.05, 3.63) is 160 Å². The molecule has 6 aromatic rings. The number of benzene rings is 6. The van der Waals surface area contributed by atoms with Gasteiger partial charge in [-0.1, -0.05) is 80.6 Å². The quantitative estimate of drug-likeness (QED) is 0.101. The Hall–Kier alpha value is -6.32. The number of carboxylic acids is 2. The van der Waals surface area contributed by atoms with Gasteiger partial charge in [-0.25, -0.2) is 16.9 Å². The van der Waals surface area contributed by atoms with Gasteiger partial charge in [0.25, 0.3) is 0 Å². The molecule has 2 aliphatic heterocycles. The van der Waals surface area contributed by atoms with Crippen LogP contribution in [0, 0.1) is 27.7 Å². The van der Waals surface area contributed by atoms with E-state index >= 15 is 0 Å². The zero-order valence-electron chi connectivity index (χ0n) is 44.0. The van der Waals surface area contributed by atoms with Crippen molar-refractivity contribution >= 4 is 32.9 Å². The molecule has 6 aromatic carbocycles. The van der Waals surface area contributed by atoms with Crippen molar-refractivity contribution < 1.29 is 46.6 Å². The lowest BCUT2D eigenvalue weighted by atomic mass is 9.94. The molecule has 0 aliphatic carbocycles. The average Bonchev–Trinajstić information content (AvgIpc) is 3.34. The molecule has 8 rings (SSSR count). The smallest absolute Gasteiger partial charge is 0.318 e. The van der Waals surface area contributed by atoms with E-state index in [4.69, 9.17) is 14.2 Å². The molecule has 0 amide bonds. The minimum atomic E-state index is -4.06. The van der Waals surface area contributed by atoms with Gasteiger partial charge < -0.3 is 24.4 Å². The van der Waals surface area contributed by atoms with Crippen LogP contribution in [0.4, 0.5) is 0 Å². The van der Waals surface area contributed by atoms with E-state index in [0.717, 1.165) is 85.1 Å². The average molecular weight is 1030 g/mol. The predicted molar refractivity (Wildman–Crippen MR) is 289 cm³/mol. The first-order chi connectivity index (χ1) is 34.5. The van der Waals surface area contributed by atoms with Crippen LogP contribution in [0.5, 0.6) is 17.2 Å². The second-order valence-corrected chi connectivity index (χ2v) is 23.1. The van der Waals surface area contributed by atoms with Gasteiger partial charge in [0.1, 0.15) is 52.5 Å². The van der Waals surface area contributed by atoms with Gasteiger partial charge in [0.15, 0.2) is 0 Å². The van der Waals surface area contributed by atoms with E-state index < -0.39 is 39.5 Å². The maximum atomic E-state index is 13.5. The fraction of sp³-hybridized carbons (Fsp3) is 0.356. The molecule has 1 atom stereocenters. The Balaban J connectivity index is 0.000000230. The third-order valence-electron chi connectivity index (χ3n) is 13.0. The number of aliphatic carboxylic acids is 2. The molecule has 12 nitrogen and oxygen atoms in total. The number of hydrogen-bond donors (Lipinski definition) is 2. The number of sulfonamides is 1. The summed E-state index contributed by atoms with van der Waals surface area (Å²) in [6.45, 7) is 19.6. The number of hydrogen-bond acceptors (Lipinski definition) is 8. The molecule has 1 unspecified atom stereocenters. The highest BCUT2D eigenvalue weighted by Gasteiger charge is 2.32. The van der Waals surface area contributed by atoms with E-state index in [0.29, 0.717) is 22.6 Å². The van der Waals surface area contributed by atoms with Crippen LogP contribution in [0.3, 0.4) is 0 Å². The van der Waals surface area contributed by atoms with Crippen molar-refractivity contribution in [1.82, 2.24) is 8.61 Å². The topological polar surface area (TPSA) is 160 Å². The first-order valence-electron chi connectivity index (χ1n) is 24.7. The van der Waals surface area contributed by atoms with Gasteiger partial charge in [-0.2, -0.15) is 4.31 Å². The fourth-order valence-electron chi connectivity index (χ4n) is 8.94. The van der Waals surface area contributed by atoms with Crippen LogP contribution in [0.2, 0.25) is 0 Å². The minimum absolute atomic E-state index is 0.0610. The summed E-state index contributed by atoms with van der Waals surface area (Å²) in [6.07, 6.45) is 3.17. The molecule has 0 saturated carbocycles. The molecular weight excluding hydrogens is 961 g/mol. The summed E-state index contributed by atoms with van der Waals surface area (Å²) in [6, 6.07) is 36.2. The summed E-state index contributed by atoms with van der Waals surface area (Å²) in [7, 11) is -4.06. The first kappa shape index (κ1) is 56.0. The monoisotopic (exact) mass is 1030 g/mol. The zero-order chi connectivity index (χ0) is 53.4. The molecule has 388 valence electrons. The van der Waals surface area contributed by atoms with Gasteiger partial charge >= 0.3 is 11.9 Å². The Morgan fingerprint density at radius 3 is 1.73 bits per heavy atom. The molecule has 0 spiro atoms. The number of rotatable bonds is 15. The number of carbonyl (C=O) groups is 2. The highest BCUT2D eigenvalue weighted by Crippen LogP contribution is 2.37. The summed E-state index contributed by atoms with van der Waals surface area (Å²) in [5.41, 5.74) is 11.7. The van der Waals surface area contributed by atoms with Gasteiger partial charge in [-0.15, -0.1) is 0 Å². The van der Waals surface area contributed by atoms with E-state index in [9.17, 15) is 32.4 Å². The highest BCUT2D eigenvalue weighted by atomic mass is 32.2. The number of aryl methyl sites for hydroxylation is 6. The van der Waals surface area contributed by atoms with Crippen molar-refractivity contribution in [2.45, 2.75) is 129 Å². The normalized spacial score (nSPS) is 14.7. The largest absolute Gasteiger partial charge is 0.497 e. The molecule has 14 heteroatoms. The Labute approximate surface area is 434 Å². The summed E-state index contributed by atoms with van der Waals surface area (Å²) in [5.74, 6) is -0.00648. The van der Waals surface area contributed by atoms with Crippen molar-refractivity contribution in [2.75, 3.05) is 20.2 Å². The highest BCUT2D eigenvalue weighted by molar-refractivity contribution is 7.89. The number of fused-ring (bicyclic) bond motifs is 2. The van der Waals surface area contributed by atoms with Gasteiger partial charge in [-0.05, 0) is 196 Å². The molecule has 0 aromatic heterocycles. The van der Waals surface area contributed by atoms with Crippen molar-refractivity contribution in [2.24, 2.45) is 0 Å². The first-order valence-corrected chi connectivity index (χ1v) is 27.2. The zero-order valence-corrected chi connectivity index (χ0v) is 45.6. The molecule has 2 aliphatic rings. The third kappa shape index (κ3) is 14.3. The lowest BCUT2D eigenvalue weighted by Crippen LogP contribution is -2.36. The molecular formula is C59H70N2O10S2. The molecule has 2 N–H and O–H groups in total. The van der Waals surface area contributed by atoms with Crippen LogP contribution in [0.15, 0.2) is 125 Å². The number of methoxy groups -OCH3 is 1. The molecule has 2 heterocycles. The van der Waals surface area contributed by atoms with Crippen molar-refractivity contribution in [1.29, 1.82) is 0 Å². The van der Waals surface area contributed by atoms with Crippen molar-refractivity contribution in [3.8, 4) is 39.5 Å². The Kier molecular flexibility index (Phi) is 18.2. The van der Waals surface area contributed by atoms with Gasteiger partial charge in [0.05, 0.1) is 16.9 Å². The van der Waals surface area contributed by atoms with E-state index in [1.165, 1.54) is 21.5 Å². The van der Waals surface area contributed by atoms with Crippen LogP contribution in [-0.4, -0.2) is 74.8 Å². The Bertz CT molecular complexity index is 3110. The molecule has 0 bridgehead atoms. The number of ether oxygens (including phenoxy) is 3. The molecule has 0 saturated heterocycles. The predicted octanol–water partition coefficient (Wildman–Crippen LogP) is 12.1. The fourth-order valence-corrected chi connectivity index (χ4v) is 11.6. The second kappa shape index (κ2) is 23.7. The van der Waals surface area contributed by atoms with Gasteiger partial charge in [0, 0.05) is 13.1 Å². The maximum absolute atomic E-state index is 13.5. The second-order valence-electron chi connectivity index (χ2n) is 19.7. The molecule has 0 radical (unpaired) electrons. The number of carboxylic acid groups (broad SMARTS) is 2. The van der Waals surface area contributed by atoms with E-state index in [2.05, 4.69) is 65.0 Å². The summed E-state index contributed by atoms with van der Waals surface area (Å²) in [4.78, 5) is 23.9. The van der Waals surface area contributed by atoms with Crippen molar-refractivity contribution in [3.63, 3.8) is 0 Å². The van der Waals surface area contributed by atoms with Crippen LogP contribution in [-0.2, 0) is 56.5 Å². The van der Waals surface area contributed by atoms with Crippen LogP contribution in [0.1, 0.15) is 98.9 Å². The Morgan fingerprint density at radius 2 is 1.18 bits per heavy atom. The van der Waals surface area contributed by atoms with Crippen LogP contribution in [0.25, 0.3) is 22.3 Å². The lowest BCUT2D eigenvalue weighted by Gasteiger charge is -2.33.